The average molecular weight is 497 g/mol. The van der Waals surface area contributed by atoms with Crippen molar-refractivity contribution in [3.05, 3.63) is 87.7 Å². The van der Waals surface area contributed by atoms with Crippen molar-refractivity contribution in [1.29, 1.82) is 0 Å². The molecule has 0 spiro atoms. The topological polar surface area (TPSA) is 78.9 Å². The number of carboxylic acids is 1. The smallest absolute Gasteiger partial charge is 0.317 e. The molecule has 2 amide bonds. The van der Waals surface area contributed by atoms with Crippen LogP contribution in [0.15, 0.2) is 54.6 Å². The van der Waals surface area contributed by atoms with E-state index in [-0.39, 0.29) is 31.4 Å². The highest BCUT2D eigenvalue weighted by Crippen LogP contribution is 2.38. The lowest BCUT2D eigenvalue weighted by Crippen LogP contribution is -2.42. The Morgan fingerprint density at radius 1 is 1.11 bits per heavy atom. The summed E-state index contributed by atoms with van der Waals surface area (Å²) in [7, 11) is 0. The van der Waals surface area contributed by atoms with E-state index in [9.17, 15) is 19.1 Å². The van der Waals surface area contributed by atoms with E-state index in [2.05, 4.69) is 5.32 Å². The summed E-state index contributed by atoms with van der Waals surface area (Å²) in [6, 6.07) is 15.3. The summed E-state index contributed by atoms with van der Waals surface area (Å²) in [5.74, 6) is -0.683. The Morgan fingerprint density at radius 2 is 1.91 bits per heavy atom. The van der Waals surface area contributed by atoms with Gasteiger partial charge in [-0.15, -0.1) is 0 Å². The van der Waals surface area contributed by atoms with Crippen LogP contribution in [0.3, 0.4) is 0 Å². The molecule has 0 saturated carbocycles. The summed E-state index contributed by atoms with van der Waals surface area (Å²) in [6.07, 6.45) is 0.229. The van der Waals surface area contributed by atoms with Crippen LogP contribution in [0.1, 0.15) is 29.2 Å². The van der Waals surface area contributed by atoms with Crippen molar-refractivity contribution in [3.63, 3.8) is 0 Å². The number of ether oxygens (including phenoxy) is 1. The zero-order valence-corrected chi connectivity index (χ0v) is 20.1. The van der Waals surface area contributed by atoms with E-state index in [1.54, 1.807) is 35.2 Å². The molecule has 1 aliphatic rings. The maximum atomic E-state index is 14.8. The quantitative estimate of drug-likeness (QED) is 0.456. The second-order valence-electron chi connectivity index (χ2n) is 8.31. The highest BCUT2D eigenvalue weighted by atomic mass is 35.5. The monoisotopic (exact) mass is 496 g/mol. The summed E-state index contributed by atoms with van der Waals surface area (Å²) >= 11 is 6.20. The Balaban J connectivity index is 1.64. The van der Waals surface area contributed by atoms with Crippen molar-refractivity contribution in [3.8, 4) is 16.9 Å². The normalized spacial score (nSPS) is 12.7. The van der Waals surface area contributed by atoms with Gasteiger partial charge in [0.1, 0.15) is 11.6 Å². The molecule has 35 heavy (non-hydrogen) atoms. The molecule has 0 aliphatic carbocycles. The van der Waals surface area contributed by atoms with E-state index in [0.717, 1.165) is 11.1 Å². The zero-order valence-electron chi connectivity index (χ0n) is 19.3. The van der Waals surface area contributed by atoms with Crippen LogP contribution >= 0.6 is 11.6 Å². The van der Waals surface area contributed by atoms with Crippen molar-refractivity contribution in [1.82, 2.24) is 10.2 Å². The van der Waals surface area contributed by atoms with Crippen LogP contribution in [-0.4, -0.2) is 35.2 Å². The average Bonchev–Trinajstić information content (AvgIpc) is 2.84. The molecule has 8 heteroatoms. The number of rotatable bonds is 7. The molecular weight excluding hydrogens is 471 g/mol. The van der Waals surface area contributed by atoms with Crippen LogP contribution in [0.5, 0.6) is 5.75 Å². The van der Waals surface area contributed by atoms with E-state index in [1.165, 1.54) is 6.07 Å². The minimum absolute atomic E-state index is 0.140. The molecule has 6 nitrogen and oxygen atoms in total. The molecule has 3 aromatic carbocycles. The number of hydrogen-bond acceptors (Lipinski definition) is 3. The number of nitrogens with zero attached hydrogens (tertiary/aromatic N) is 1. The largest absolute Gasteiger partial charge is 0.493 e. The Kier molecular flexibility index (Phi) is 7.56. The number of carbonyl (C=O) groups excluding carboxylic acids is 1. The minimum atomic E-state index is -0.942. The fourth-order valence-electron chi connectivity index (χ4n) is 4.34. The van der Waals surface area contributed by atoms with Crippen LogP contribution in [0.4, 0.5) is 9.18 Å². The molecule has 0 unspecified atom stereocenters. The molecule has 4 rings (SSSR count). The van der Waals surface area contributed by atoms with Crippen molar-refractivity contribution in [2.75, 3.05) is 13.2 Å². The predicted molar refractivity (Wildman–Crippen MR) is 132 cm³/mol. The van der Waals surface area contributed by atoms with Crippen molar-refractivity contribution in [2.45, 2.75) is 32.9 Å². The van der Waals surface area contributed by atoms with E-state index in [1.807, 2.05) is 25.1 Å². The molecule has 1 heterocycles. The standard InChI is InChI=1S/C27H26ClFN2O4/c1-2-35-25-10-7-17(14-26(32)33)13-21(25)19-8-9-24(29)20-11-12-31(16-22(19)20)27(34)30-15-18-5-3-4-6-23(18)28/h3-10,13H,2,11-12,14-16H2,1H3,(H,30,34)(H,32,33). The highest BCUT2D eigenvalue weighted by molar-refractivity contribution is 6.31. The molecule has 0 fully saturated rings. The predicted octanol–water partition coefficient (Wildman–Crippen LogP) is 5.44. The van der Waals surface area contributed by atoms with E-state index in [4.69, 9.17) is 16.3 Å². The third-order valence-corrected chi connectivity index (χ3v) is 6.39. The number of halogens is 2. The van der Waals surface area contributed by atoms with Gasteiger partial charge in [-0.2, -0.15) is 0 Å². The number of carboxylic acid groups (broad SMARTS) is 1. The second kappa shape index (κ2) is 10.8. The number of aliphatic carboxylic acids is 1. The summed E-state index contributed by atoms with van der Waals surface area (Å²) < 4.78 is 20.6. The first-order valence-electron chi connectivity index (χ1n) is 11.4. The lowest BCUT2D eigenvalue weighted by molar-refractivity contribution is -0.136. The molecule has 2 N–H and O–H groups in total. The van der Waals surface area contributed by atoms with E-state index in [0.29, 0.717) is 52.6 Å². The number of fused-ring (bicyclic) bond motifs is 1. The summed E-state index contributed by atoms with van der Waals surface area (Å²) in [4.78, 5) is 25.9. The van der Waals surface area contributed by atoms with Gasteiger partial charge in [-0.1, -0.05) is 41.9 Å². The van der Waals surface area contributed by atoms with Crippen molar-refractivity contribution < 1.29 is 23.8 Å². The van der Waals surface area contributed by atoms with E-state index >= 15 is 0 Å². The molecule has 0 bridgehead atoms. The fraction of sp³-hybridized carbons (Fsp3) is 0.259. The van der Waals surface area contributed by atoms with Crippen LogP contribution in [0.2, 0.25) is 5.02 Å². The summed E-state index contributed by atoms with van der Waals surface area (Å²) in [5, 5.41) is 12.7. The first-order valence-corrected chi connectivity index (χ1v) is 11.8. The lowest BCUT2D eigenvalue weighted by Gasteiger charge is -2.31. The van der Waals surface area contributed by atoms with Gasteiger partial charge < -0.3 is 20.1 Å². The van der Waals surface area contributed by atoms with E-state index < -0.39 is 5.97 Å². The van der Waals surface area contributed by atoms with Gasteiger partial charge in [0.2, 0.25) is 0 Å². The molecule has 0 atom stereocenters. The maximum absolute atomic E-state index is 14.8. The van der Waals surface area contributed by atoms with Gasteiger partial charge in [-0.25, -0.2) is 9.18 Å². The van der Waals surface area contributed by atoms with Crippen molar-refractivity contribution in [2.24, 2.45) is 0 Å². The van der Waals surface area contributed by atoms with Gasteiger partial charge >= 0.3 is 12.0 Å². The molecule has 0 aromatic heterocycles. The highest BCUT2D eigenvalue weighted by Gasteiger charge is 2.26. The summed E-state index contributed by atoms with van der Waals surface area (Å²) in [5.41, 5.74) is 4.07. The Morgan fingerprint density at radius 3 is 2.66 bits per heavy atom. The number of hydrogen-bond donors (Lipinski definition) is 2. The van der Waals surface area contributed by atoms with Crippen LogP contribution in [-0.2, 0) is 30.7 Å². The molecule has 1 aliphatic heterocycles. The SMILES string of the molecule is CCOc1ccc(CC(=O)O)cc1-c1ccc(F)c2c1CN(C(=O)NCc1ccccc1Cl)CC2. The van der Waals surface area contributed by atoms with Crippen LogP contribution in [0, 0.1) is 5.82 Å². The summed E-state index contributed by atoms with van der Waals surface area (Å²) in [6.45, 7) is 3.15. The maximum Gasteiger partial charge on any atom is 0.317 e. The molecule has 0 radical (unpaired) electrons. The first kappa shape index (κ1) is 24.5. The second-order valence-corrected chi connectivity index (χ2v) is 8.71. The third kappa shape index (κ3) is 5.57. The minimum Gasteiger partial charge on any atom is -0.493 e. The molecule has 182 valence electrons. The number of amides is 2. The van der Waals surface area contributed by atoms with Gasteiger partial charge in [0.05, 0.1) is 13.0 Å². The van der Waals surface area contributed by atoms with Gasteiger partial charge in [0.15, 0.2) is 0 Å². The van der Waals surface area contributed by atoms with Crippen LogP contribution < -0.4 is 10.1 Å². The zero-order chi connectivity index (χ0) is 24.9. The van der Waals surface area contributed by atoms with Crippen molar-refractivity contribution >= 4 is 23.6 Å². The first-order chi connectivity index (χ1) is 16.9. The van der Waals surface area contributed by atoms with Gasteiger partial charge in [-0.05, 0) is 65.4 Å². The number of urea groups is 1. The third-order valence-electron chi connectivity index (χ3n) is 6.02. The Hall–Kier alpha value is -3.58. The number of benzene rings is 3. The lowest BCUT2D eigenvalue weighted by atomic mass is 9.89. The van der Waals surface area contributed by atoms with Crippen LogP contribution in [0.25, 0.3) is 11.1 Å². The van der Waals surface area contributed by atoms with Gasteiger partial charge in [0.25, 0.3) is 0 Å². The Bertz CT molecular complexity index is 1260. The number of carbonyl (C=O) groups is 2. The van der Waals surface area contributed by atoms with Gasteiger partial charge in [0, 0.05) is 30.2 Å². The number of nitrogens with one attached hydrogen (secondary N) is 1. The Labute approximate surface area is 208 Å². The molecular formula is C27H26ClFN2O4. The fourth-order valence-corrected chi connectivity index (χ4v) is 4.54. The molecule has 3 aromatic rings. The van der Waals surface area contributed by atoms with Gasteiger partial charge in [-0.3, -0.25) is 4.79 Å². The molecule has 0 saturated heterocycles.